The summed E-state index contributed by atoms with van der Waals surface area (Å²) in [5.74, 6) is 0.635. The maximum absolute atomic E-state index is 12.6. The van der Waals surface area contributed by atoms with Gasteiger partial charge in [0.25, 0.3) is 5.91 Å². The Kier molecular flexibility index (Phi) is 8.50. The summed E-state index contributed by atoms with van der Waals surface area (Å²) < 4.78 is 11.9. The zero-order valence-corrected chi connectivity index (χ0v) is 18.0. The number of carbonyl (C=O) groups excluding carboxylic acids is 1. The van der Waals surface area contributed by atoms with Crippen LogP contribution in [0.3, 0.4) is 0 Å². The van der Waals surface area contributed by atoms with Gasteiger partial charge in [-0.05, 0) is 43.2 Å². The zero-order chi connectivity index (χ0) is 21.2. The molecule has 0 heterocycles. The van der Waals surface area contributed by atoms with Crippen molar-refractivity contribution in [2.45, 2.75) is 19.9 Å². The number of nitrogens with one attached hydrogen (secondary N) is 1. The van der Waals surface area contributed by atoms with Crippen LogP contribution >= 0.6 is 15.9 Å². The summed E-state index contributed by atoms with van der Waals surface area (Å²) in [7, 11) is 0. The van der Waals surface area contributed by atoms with Crippen LogP contribution in [0.15, 0.2) is 65.2 Å². The number of amides is 1. The summed E-state index contributed by atoms with van der Waals surface area (Å²) in [6.45, 7) is 8.17. The molecule has 2 rings (SSSR count). The van der Waals surface area contributed by atoms with Gasteiger partial charge in [-0.1, -0.05) is 58.9 Å². The van der Waals surface area contributed by atoms with Crippen molar-refractivity contribution < 1.29 is 14.3 Å². The van der Waals surface area contributed by atoms with Crippen LogP contribution in [0.2, 0.25) is 0 Å². The Labute approximate surface area is 179 Å². The number of halogens is 1. The fraction of sp³-hybridized carbons (Fsp3) is 0.217. The van der Waals surface area contributed by atoms with Gasteiger partial charge in [0, 0.05) is 4.47 Å². The lowest BCUT2D eigenvalue weighted by Crippen LogP contribution is -2.27. The number of hydrogen-bond acceptors (Lipinski definition) is 4. The number of nitrogens with zero attached hydrogens (tertiary/aromatic N) is 1. The molecule has 0 aliphatic carbocycles. The van der Waals surface area contributed by atoms with E-state index in [1.54, 1.807) is 18.2 Å². The number of hydrogen-bond donors (Lipinski definition) is 1. The van der Waals surface area contributed by atoms with Gasteiger partial charge in [-0.2, -0.15) is 5.26 Å². The van der Waals surface area contributed by atoms with Gasteiger partial charge in [-0.3, -0.25) is 4.79 Å². The number of nitriles is 1. The smallest absolute Gasteiger partial charge is 0.262 e. The Bertz CT molecular complexity index is 933. The topological polar surface area (TPSA) is 71.3 Å². The first-order valence-electron chi connectivity index (χ1n) is 9.17. The second-order valence-electron chi connectivity index (χ2n) is 6.13. The molecule has 0 aliphatic heterocycles. The minimum Gasteiger partial charge on any atom is -0.490 e. The molecule has 2 aromatic carbocycles. The highest BCUT2D eigenvalue weighted by Crippen LogP contribution is 2.35. The summed E-state index contributed by atoms with van der Waals surface area (Å²) in [6.07, 6.45) is 3.17. The third-order valence-corrected chi connectivity index (χ3v) is 4.72. The number of benzene rings is 2. The van der Waals surface area contributed by atoms with E-state index >= 15 is 0 Å². The molecule has 5 nitrogen and oxygen atoms in total. The Morgan fingerprint density at radius 1 is 1.28 bits per heavy atom. The number of ether oxygens (including phenoxy) is 2. The predicted molar refractivity (Wildman–Crippen MR) is 118 cm³/mol. The Hall–Kier alpha value is -3.04. The lowest BCUT2D eigenvalue weighted by Gasteiger charge is -2.15. The second kappa shape index (κ2) is 11.1. The van der Waals surface area contributed by atoms with E-state index in [0.717, 1.165) is 5.56 Å². The molecule has 0 aromatic heterocycles. The average Bonchev–Trinajstić information content (AvgIpc) is 2.73. The van der Waals surface area contributed by atoms with Crippen LogP contribution in [0.4, 0.5) is 0 Å². The predicted octanol–water partition coefficient (Wildman–Crippen LogP) is 5.20. The fourth-order valence-electron chi connectivity index (χ4n) is 2.59. The molecule has 29 heavy (non-hydrogen) atoms. The van der Waals surface area contributed by atoms with Crippen molar-refractivity contribution in [3.63, 3.8) is 0 Å². The summed E-state index contributed by atoms with van der Waals surface area (Å²) >= 11 is 3.47. The van der Waals surface area contributed by atoms with Gasteiger partial charge in [-0.15, -0.1) is 0 Å². The summed E-state index contributed by atoms with van der Waals surface area (Å²) in [5, 5.41) is 12.4. The van der Waals surface area contributed by atoms with Crippen LogP contribution in [0.25, 0.3) is 6.08 Å². The van der Waals surface area contributed by atoms with E-state index in [4.69, 9.17) is 9.47 Å². The molecule has 0 aliphatic rings. The molecule has 6 heteroatoms. The van der Waals surface area contributed by atoms with Crippen molar-refractivity contribution in [2.75, 3.05) is 13.2 Å². The molecule has 0 fully saturated rings. The van der Waals surface area contributed by atoms with Gasteiger partial charge in [0.1, 0.15) is 18.2 Å². The third kappa shape index (κ3) is 6.23. The van der Waals surface area contributed by atoms with Crippen molar-refractivity contribution >= 4 is 27.9 Å². The highest BCUT2D eigenvalue weighted by molar-refractivity contribution is 9.10. The summed E-state index contributed by atoms with van der Waals surface area (Å²) in [5.41, 5.74) is 1.59. The highest BCUT2D eigenvalue weighted by atomic mass is 79.9. The Morgan fingerprint density at radius 2 is 1.97 bits per heavy atom. The molecule has 2 aromatic rings. The van der Waals surface area contributed by atoms with E-state index in [1.165, 1.54) is 6.08 Å². The van der Waals surface area contributed by atoms with Crippen molar-refractivity contribution in [3.05, 3.63) is 76.3 Å². The van der Waals surface area contributed by atoms with Crippen LogP contribution < -0.4 is 14.8 Å². The molecule has 1 amide bonds. The minimum absolute atomic E-state index is 0.00399. The van der Waals surface area contributed by atoms with Gasteiger partial charge in [0.2, 0.25) is 0 Å². The van der Waals surface area contributed by atoms with Crippen molar-refractivity contribution in [1.82, 2.24) is 5.32 Å². The standard InChI is InChI=1S/C23H23BrN2O3/c1-4-11-29-22-14-20(24)18(13-21(22)28-5-2)12-19(15-25)23(27)26-16(3)17-9-7-6-8-10-17/h4,6-10,12-14,16H,1,5,11H2,2-3H3,(H,26,27)/b19-12-/t16-/m1/s1. The first-order chi connectivity index (χ1) is 14.0. The maximum atomic E-state index is 12.6. The Morgan fingerprint density at radius 3 is 2.59 bits per heavy atom. The largest absolute Gasteiger partial charge is 0.490 e. The molecule has 1 N–H and O–H groups in total. The zero-order valence-electron chi connectivity index (χ0n) is 16.4. The van der Waals surface area contributed by atoms with E-state index in [9.17, 15) is 10.1 Å². The first kappa shape index (κ1) is 22.3. The SMILES string of the molecule is C=CCOc1cc(Br)c(/C=C(/C#N)C(=O)N[C@H](C)c2ccccc2)cc1OCC. The van der Waals surface area contributed by atoms with Crippen molar-refractivity contribution in [1.29, 1.82) is 5.26 Å². The van der Waals surface area contributed by atoms with Gasteiger partial charge in [-0.25, -0.2) is 0 Å². The molecule has 0 radical (unpaired) electrons. The normalized spacial score (nSPS) is 11.9. The van der Waals surface area contributed by atoms with Crippen molar-refractivity contribution in [2.24, 2.45) is 0 Å². The lowest BCUT2D eigenvalue weighted by molar-refractivity contribution is -0.117. The summed E-state index contributed by atoms with van der Waals surface area (Å²) in [4.78, 5) is 12.6. The maximum Gasteiger partial charge on any atom is 0.262 e. The minimum atomic E-state index is -0.444. The van der Waals surface area contributed by atoms with E-state index in [1.807, 2.05) is 50.2 Å². The number of carbonyl (C=O) groups is 1. The third-order valence-electron chi connectivity index (χ3n) is 4.03. The van der Waals surface area contributed by atoms with E-state index in [0.29, 0.717) is 34.7 Å². The first-order valence-corrected chi connectivity index (χ1v) is 9.97. The van der Waals surface area contributed by atoms with Gasteiger partial charge in [0.05, 0.1) is 12.6 Å². The van der Waals surface area contributed by atoms with Crippen LogP contribution in [0.5, 0.6) is 11.5 Å². The quantitative estimate of drug-likeness (QED) is 0.321. The Balaban J connectivity index is 2.29. The average molecular weight is 455 g/mol. The number of rotatable bonds is 9. The van der Waals surface area contributed by atoms with E-state index in [2.05, 4.69) is 27.8 Å². The molecule has 0 bridgehead atoms. The molecule has 0 spiro atoms. The van der Waals surface area contributed by atoms with E-state index < -0.39 is 5.91 Å². The van der Waals surface area contributed by atoms with Crippen LogP contribution in [-0.2, 0) is 4.79 Å². The molecular weight excluding hydrogens is 432 g/mol. The molecular formula is C23H23BrN2O3. The second-order valence-corrected chi connectivity index (χ2v) is 6.98. The monoisotopic (exact) mass is 454 g/mol. The molecule has 150 valence electrons. The lowest BCUT2D eigenvalue weighted by atomic mass is 10.1. The summed E-state index contributed by atoms with van der Waals surface area (Å²) in [6, 6.07) is 14.8. The highest BCUT2D eigenvalue weighted by Gasteiger charge is 2.16. The van der Waals surface area contributed by atoms with Crippen LogP contribution in [-0.4, -0.2) is 19.1 Å². The molecule has 0 saturated carbocycles. The van der Waals surface area contributed by atoms with E-state index in [-0.39, 0.29) is 11.6 Å². The van der Waals surface area contributed by atoms with Crippen LogP contribution in [0.1, 0.15) is 31.0 Å². The molecule has 0 unspecified atom stereocenters. The van der Waals surface area contributed by atoms with Gasteiger partial charge in [0.15, 0.2) is 11.5 Å². The van der Waals surface area contributed by atoms with Gasteiger partial charge >= 0.3 is 0 Å². The molecule has 0 saturated heterocycles. The van der Waals surface area contributed by atoms with Crippen molar-refractivity contribution in [3.8, 4) is 17.6 Å². The molecule has 1 atom stereocenters. The van der Waals surface area contributed by atoms with Crippen LogP contribution in [0, 0.1) is 11.3 Å². The fourth-order valence-corrected chi connectivity index (χ4v) is 3.03. The van der Waals surface area contributed by atoms with Gasteiger partial charge < -0.3 is 14.8 Å².